The fourth-order valence-corrected chi connectivity index (χ4v) is 2.64. The smallest absolute Gasteiger partial charge is 0.216 e. The first-order chi connectivity index (χ1) is 10.0. The second-order valence-electron chi connectivity index (χ2n) is 6.06. The largest absolute Gasteiger partial charge is 0.375 e. The molecule has 1 aliphatic heterocycles. The molecular formula is C16H27N3O2. The van der Waals surface area contributed by atoms with E-state index >= 15 is 0 Å². The second kappa shape index (κ2) is 7.61. The van der Waals surface area contributed by atoms with Crippen molar-refractivity contribution in [3.63, 3.8) is 0 Å². The van der Waals surface area contributed by atoms with Gasteiger partial charge in [0.25, 0.3) is 0 Å². The summed E-state index contributed by atoms with van der Waals surface area (Å²) in [5, 5.41) is 2.83. The molecule has 1 aromatic rings. The zero-order valence-corrected chi connectivity index (χ0v) is 13.3. The Morgan fingerprint density at radius 2 is 2.33 bits per heavy atom. The maximum atomic E-state index is 10.9. The minimum Gasteiger partial charge on any atom is -0.375 e. The molecule has 5 heteroatoms. The van der Waals surface area contributed by atoms with Crippen molar-refractivity contribution in [2.45, 2.75) is 45.9 Å². The van der Waals surface area contributed by atoms with Gasteiger partial charge in [-0.1, -0.05) is 0 Å². The van der Waals surface area contributed by atoms with E-state index in [1.807, 2.05) is 0 Å². The van der Waals surface area contributed by atoms with Gasteiger partial charge >= 0.3 is 0 Å². The van der Waals surface area contributed by atoms with Gasteiger partial charge in [-0.3, -0.25) is 9.69 Å². The van der Waals surface area contributed by atoms with E-state index in [-0.39, 0.29) is 12.0 Å². The van der Waals surface area contributed by atoms with Crippen molar-refractivity contribution in [1.82, 2.24) is 14.8 Å². The van der Waals surface area contributed by atoms with Crippen molar-refractivity contribution in [3.05, 3.63) is 24.0 Å². The average molecular weight is 293 g/mol. The molecule has 1 amide bonds. The SMILES string of the molecule is CC(=O)NCCC1CN(Cc2ccn(C(C)C)c2)CCO1. The summed E-state index contributed by atoms with van der Waals surface area (Å²) in [5.74, 6) is 0.0256. The van der Waals surface area contributed by atoms with Crippen LogP contribution in [0.2, 0.25) is 0 Å². The van der Waals surface area contributed by atoms with Crippen LogP contribution in [-0.2, 0) is 16.1 Å². The van der Waals surface area contributed by atoms with Gasteiger partial charge in [-0.15, -0.1) is 0 Å². The van der Waals surface area contributed by atoms with Gasteiger partial charge in [-0.05, 0) is 31.9 Å². The molecule has 1 N–H and O–H groups in total. The van der Waals surface area contributed by atoms with Crippen LogP contribution >= 0.6 is 0 Å². The highest BCUT2D eigenvalue weighted by Crippen LogP contribution is 2.14. The van der Waals surface area contributed by atoms with Crippen LogP contribution in [0.4, 0.5) is 0 Å². The summed E-state index contributed by atoms with van der Waals surface area (Å²) in [6, 6.07) is 2.70. The Balaban J connectivity index is 1.79. The molecule has 118 valence electrons. The summed E-state index contributed by atoms with van der Waals surface area (Å²) in [6.45, 7) is 10.3. The molecule has 2 rings (SSSR count). The molecular weight excluding hydrogens is 266 g/mol. The van der Waals surface area contributed by atoms with Gasteiger partial charge in [-0.2, -0.15) is 0 Å². The molecule has 0 spiro atoms. The van der Waals surface area contributed by atoms with Crippen LogP contribution in [0.1, 0.15) is 38.8 Å². The first kappa shape index (κ1) is 16.0. The first-order valence-corrected chi connectivity index (χ1v) is 7.79. The topological polar surface area (TPSA) is 46.5 Å². The van der Waals surface area contributed by atoms with Gasteiger partial charge in [-0.25, -0.2) is 0 Å². The van der Waals surface area contributed by atoms with Gasteiger partial charge < -0.3 is 14.6 Å². The van der Waals surface area contributed by atoms with Crippen molar-refractivity contribution >= 4 is 5.91 Å². The second-order valence-corrected chi connectivity index (χ2v) is 6.06. The fraction of sp³-hybridized carbons (Fsp3) is 0.688. The highest BCUT2D eigenvalue weighted by atomic mass is 16.5. The third kappa shape index (κ3) is 5.17. The van der Waals surface area contributed by atoms with Crippen molar-refractivity contribution < 1.29 is 9.53 Å². The molecule has 1 saturated heterocycles. The average Bonchev–Trinajstić information content (AvgIpc) is 2.87. The van der Waals surface area contributed by atoms with Gasteiger partial charge in [0, 0.05) is 51.5 Å². The number of aromatic nitrogens is 1. The molecule has 1 unspecified atom stereocenters. The highest BCUT2D eigenvalue weighted by molar-refractivity contribution is 5.72. The van der Waals surface area contributed by atoms with E-state index in [0.29, 0.717) is 12.6 Å². The first-order valence-electron chi connectivity index (χ1n) is 7.79. The number of nitrogens with one attached hydrogen (secondary N) is 1. The molecule has 21 heavy (non-hydrogen) atoms. The molecule has 0 bridgehead atoms. The molecule has 1 atom stereocenters. The predicted molar refractivity (Wildman–Crippen MR) is 83.1 cm³/mol. The Kier molecular flexibility index (Phi) is 5.82. The quantitative estimate of drug-likeness (QED) is 0.870. The van der Waals surface area contributed by atoms with E-state index in [1.54, 1.807) is 6.92 Å². The minimum absolute atomic E-state index is 0.0256. The Labute approximate surface area is 127 Å². The minimum atomic E-state index is 0.0256. The Hall–Kier alpha value is -1.33. The summed E-state index contributed by atoms with van der Waals surface area (Å²) in [5.41, 5.74) is 1.35. The number of rotatable bonds is 6. The lowest BCUT2D eigenvalue weighted by atomic mass is 10.2. The maximum absolute atomic E-state index is 10.9. The van der Waals surface area contributed by atoms with Crippen LogP contribution in [0, 0.1) is 0 Å². The monoisotopic (exact) mass is 293 g/mol. The van der Waals surface area contributed by atoms with Gasteiger partial charge in [0.1, 0.15) is 0 Å². The molecule has 0 saturated carbocycles. The van der Waals surface area contributed by atoms with Gasteiger partial charge in [0.05, 0.1) is 12.7 Å². The van der Waals surface area contributed by atoms with Crippen LogP contribution in [-0.4, -0.2) is 47.7 Å². The molecule has 1 fully saturated rings. The summed E-state index contributed by atoms with van der Waals surface area (Å²) >= 11 is 0. The number of morpholine rings is 1. The summed E-state index contributed by atoms with van der Waals surface area (Å²) in [6.07, 6.45) is 5.47. The van der Waals surface area contributed by atoms with Crippen LogP contribution < -0.4 is 5.32 Å². The standard InChI is InChI=1S/C16H27N3O2/c1-13(2)19-7-5-15(11-19)10-18-8-9-21-16(12-18)4-6-17-14(3)20/h5,7,11,13,16H,4,6,8-10,12H2,1-3H3,(H,17,20). The number of hydrogen-bond acceptors (Lipinski definition) is 3. The molecule has 5 nitrogen and oxygen atoms in total. The Morgan fingerprint density at radius 3 is 3.00 bits per heavy atom. The summed E-state index contributed by atoms with van der Waals surface area (Å²) < 4.78 is 8.01. The number of hydrogen-bond donors (Lipinski definition) is 1. The number of carbonyl (C=O) groups is 1. The van der Waals surface area contributed by atoms with Gasteiger partial charge in [0.2, 0.25) is 5.91 Å². The lowest BCUT2D eigenvalue weighted by Crippen LogP contribution is -2.43. The summed E-state index contributed by atoms with van der Waals surface area (Å²) in [4.78, 5) is 13.3. The number of nitrogens with zero attached hydrogens (tertiary/aromatic N) is 2. The number of carbonyl (C=O) groups excluding carboxylic acids is 1. The van der Waals surface area contributed by atoms with Gasteiger partial charge in [0.15, 0.2) is 0 Å². The normalized spacial score (nSPS) is 19.9. The molecule has 2 heterocycles. The number of ether oxygens (including phenoxy) is 1. The molecule has 0 aromatic carbocycles. The molecule has 0 aliphatic carbocycles. The maximum Gasteiger partial charge on any atom is 0.216 e. The molecule has 1 aliphatic rings. The zero-order chi connectivity index (χ0) is 15.2. The van der Waals surface area contributed by atoms with Crippen molar-refractivity contribution in [3.8, 4) is 0 Å². The van der Waals surface area contributed by atoms with Crippen molar-refractivity contribution in [2.75, 3.05) is 26.2 Å². The van der Waals surface area contributed by atoms with E-state index in [2.05, 4.69) is 47.1 Å². The third-order valence-electron chi connectivity index (χ3n) is 3.84. The summed E-state index contributed by atoms with van der Waals surface area (Å²) in [7, 11) is 0. The Bertz CT molecular complexity index is 456. The predicted octanol–water partition coefficient (Wildman–Crippen LogP) is 1.80. The number of amides is 1. The fourth-order valence-electron chi connectivity index (χ4n) is 2.64. The lowest BCUT2D eigenvalue weighted by molar-refractivity contribution is -0.119. The van der Waals surface area contributed by atoms with Crippen LogP contribution in [0.5, 0.6) is 0 Å². The van der Waals surface area contributed by atoms with E-state index in [1.165, 1.54) is 5.56 Å². The third-order valence-corrected chi connectivity index (χ3v) is 3.84. The van der Waals surface area contributed by atoms with Crippen LogP contribution in [0.25, 0.3) is 0 Å². The Morgan fingerprint density at radius 1 is 1.52 bits per heavy atom. The highest BCUT2D eigenvalue weighted by Gasteiger charge is 2.20. The van der Waals surface area contributed by atoms with E-state index in [0.717, 1.165) is 32.7 Å². The van der Waals surface area contributed by atoms with E-state index < -0.39 is 0 Å². The van der Waals surface area contributed by atoms with E-state index in [4.69, 9.17) is 4.74 Å². The van der Waals surface area contributed by atoms with Crippen LogP contribution in [0.3, 0.4) is 0 Å². The van der Waals surface area contributed by atoms with Crippen molar-refractivity contribution in [1.29, 1.82) is 0 Å². The van der Waals surface area contributed by atoms with Crippen LogP contribution in [0.15, 0.2) is 18.5 Å². The lowest BCUT2D eigenvalue weighted by Gasteiger charge is -2.32. The zero-order valence-electron chi connectivity index (χ0n) is 13.3. The van der Waals surface area contributed by atoms with Crippen molar-refractivity contribution in [2.24, 2.45) is 0 Å². The van der Waals surface area contributed by atoms with E-state index in [9.17, 15) is 4.79 Å². The molecule has 1 aromatic heterocycles. The molecule has 0 radical (unpaired) electrons.